The first-order valence-corrected chi connectivity index (χ1v) is 9.18. The number of amides is 2. The molecule has 0 saturated heterocycles. The summed E-state index contributed by atoms with van der Waals surface area (Å²) in [5.74, 6) is -2.08. The third-order valence-electron chi connectivity index (χ3n) is 4.52. The fraction of sp³-hybridized carbons (Fsp3) is 0.182. The van der Waals surface area contributed by atoms with Crippen LogP contribution in [-0.2, 0) is 14.3 Å². The molecule has 0 spiro atoms. The van der Waals surface area contributed by atoms with Crippen LogP contribution >= 0.6 is 0 Å². The first kappa shape index (κ1) is 20.8. The van der Waals surface area contributed by atoms with Gasteiger partial charge in [-0.15, -0.1) is 0 Å². The van der Waals surface area contributed by atoms with Crippen molar-refractivity contribution < 1.29 is 23.5 Å². The summed E-state index contributed by atoms with van der Waals surface area (Å²) in [6, 6.07) is 13.6. The second-order valence-electron chi connectivity index (χ2n) is 6.63. The Morgan fingerprint density at radius 3 is 2.57 bits per heavy atom. The smallest absolute Gasteiger partial charge is 0.351 e. The Balaban J connectivity index is 1.51. The largest absolute Gasteiger partial charge is 0.452 e. The van der Waals surface area contributed by atoms with Crippen molar-refractivity contribution in [1.29, 1.82) is 0 Å². The number of hydrogen-bond acceptors (Lipinski definition) is 6. The zero-order valence-electron chi connectivity index (χ0n) is 16.5. The number of para-hydroxylation sites is 1. The number of carbonyl (C=O) groups excluding carboxylic acids is 3. The minimum Gasteiger partial charge on any atom is -0.452 e. The lowest BCUT2D eigenvalue weighted by Gasteiger charge is -2.11. The molecule has 0 unspecified atom stereocenters. The molecule has 3 rings (SSSR count). The van der Waals surface area contributed by atoms with Crippen LogP contribution in [-0.4, -0.2) is 30.9 Å². The number of hydrogen-bond donors (Lipinski definition) is 2. The van der Waals surface area contributed by atoms with Crippen molar-refractivity contribution in [3.8, 4) is 0 Å². The summed E-state index contributed by atoms with van der Waals surface area (Å²) in [6.45, 7) is 2.88. The predicted molar refractivity (Wildman–Crippen MR) is 110 cm³/mol. The van der Waals surface area contributed by atoms with Gasteiger partial charge in [-0.3, -0.25) is 9.59 Å². The Kier molecular flexibility index (Phi) is 6.26. The van der Waals surface area contributed by atoms with Crippen LogP contribution in [0.4, 0.5) is 5.69 Å². The predicted octanol–water partition coefficient (Wildman–Crippen LogP) is 2.32. The number of rotatable bonds is 6. The molecule has 0 bridgehead atoms. The number of nitrogens with one attached hydrogen (secondary N) is 2. The summed E-state index contributed by atoms with van der Waals surface area (Å²) >= 11 is 0. The Hall–Kier alpha value is -3.94. The maximum atomic E-state index is 12.1. The van der Waals surface area contributed by atoms with E-state index in [9.17, 15) is 19.2 Å². The van der Waals surface area contributed by atoms with E-state index < -0.39 is 30.0 Å². The Morgan fingerprint density at radius 2 is 1.77 bits per heavy atom. The topological polar surface area (TPSA) is 115 Å². The molecule has 0 saturated carbocycles. The minimum absolute atomic E-state index is 0.290. The van der Waals surface area contributed by atoms with Crippen LogP contribution < -0.4 is 16.3 Å². The molecule has 3 aromatic rings. The van der Waals surface area contributed by atoms with E-state index in [1.807, 2.05) is 26.0 Å². The van der Waals surface area contributed by atoms with E-state index >= 15 is 0 Å². The van der Waals surface area contributed by atoms with E-state index in [1.165, 1.54) is 6.07 Å². The molecule has 8 nitrogen and oxygen atoms in total. The summed E-state index contributed by atoms with van der Waals surface area (Å²) in [5.41, 5.74) is 1.79. The molecule has 1 aromatic heterocycles. The van der Waals surface area contributed by atoms with Gasteiger partial charge in [-0.2, -0.15) is 0 Å². The highest BCUT2D eigenvalue weighted by atomic mass is 16.5. The minimum atomic E-state index is -0.982. The average Bonchev–Trinajstić information content (AvgIpc) is 2.73. The summed E-state index contributed by atoms with van der Waals surface area (Å²) in [6.07, 6.45) is 0. The molecule has 30 heavy (non-hydrogen) atoms. The van der Waals surface area contributed by atoms with E-state index in [-0.39, 0.29) is 12.1 Å². The molecule has 8 heteroatoms. The molecular formula is C22H20N2O6. The molecule has 0 aliphatic heterocycles. The van der Waals surface area contributed by atoms with Gasteiger partial charge in [0.1, 0.15) is 11.1 Å². The van der Waals surface area contributed by atoms with Gasteiger partial charge in [0.15, 0.2) is 6.61 Å². The summed E-state index contributed by atoms with van der Waals surface area (Å²) in [5, 5.41) is 5.62. The fourth-order valence-electron chi connectivity index (χ4n) is 2.72. The average molecular weight is 408 g/mol. The van der Waals surface area contributed by atoms with Crippen molar-refractivity contribution in [2.24, 2.45) is 0 Å². The van der Waals surface area contributed by atoms with Gasteiger partial charge < -0.3 is 19.8 Å². The lowest BCUT2D eigenvalue weighted by Crippen LogP contribution is -2.36. The van der Waals surface area contributed by atoms with Crippen molar-refractivity contribution in [3.63, 3.8) is 0 Å². The van der Waals surface area contributed by atoms with E-state index in [1.54, 1.807) is 30.3 Å². The number of ether oxygens (including phenoxy) is 1. The zero-order chi connectivity index (χ0) is 21.7. The van der Waals surface area contributed by atoms with Crippen LogP contribution in [0.5, 0.6) is 0 Å². The zero-order valence-corrected chi connectivity index (χ0v) is 16.5. The summed E-state index contributed by atoms with van der Waals surface area (Å²) in [7, 11) is 0. The second-order valence-corrected chi connectivity index (χ2v) is 6.63. The molecule has 1 heterocycles. The number of esters is 1. The third kappa shape index (κ3) is 4.91. The first-order valence-electron chi connectivity index (χ1n) is 9.18. The van der Waals surface area contributed by atoms with Crippen LogP contribution in [0.3, 0.4) is 0 Å². The molecule has 2 aromatic carbocycles. The normalized spacial score (nSPS) is 10.5. The van der Waals surface area contributed by atoms with Gasteiger partial charge in [0.25, 0.3) is 5.91 Å². The molecular weight excluding hydrogens is 388 g/mol. The van der Waals surface area contributed by atoms with Gasteiger partial charge in [0.05, 0.1) is 6.54 Å². The maximum absolute atomic E-state index is 12.1. The molecule has 2 N–H and O–H groups in total. The van der Waals surface area contributed by atoms with Gasteiger partial charge >= 0.3 is 11.6 Å². The van der Waals surface area contributed by atoms with Gasteiger partial charge in [-0.05, 0) is 43.2 Å². The van der Waals surface area contributed by atoms with Gasteiger partial charge in [-0.1, -0.05) is 30.3 Å². The van der Waals surface area contributed by atoms with Gasteiger partial charge in [0, 0.05) is 11.1 Å². The standard InChI is InChI=1S/C22H20N2O6/c1-13-6-5-8-17(14(13)2)24-19(25)11-23-20(26)12-29-21(27)16-10-15-7-3-4-9-18(15)30-22(16)28/h3-10H,11-12H2,1-2H3,(H,23,26)(H,24,25). The molecule has 0 aliphatic carbocycles. The second kappa shape index (κ2) is 9.04. The van der Waals surface area contributed by atoms with Crippen LogP contribution in [0.2, 0.25) is 0 Å². The molecule has 2 amide bonds. The van der Waals surface area contributed by atoms with Gasteiger partial charge in [-0.25, -0.2) is 9.59 Å². The van der Waals surface area contributed by atoms with E-state index in [2.05, 4.69) is 10.6 Å². The van der Waals surface area contributed by atoms with Crippen molar-refractivity contribution in [2.75, 3.05) is 18.5 Å². The monoisotopic (exact) mass is 408 g/mol. The molecule has 0 atom stereocenters. The lowest BCUT2D eigenvalue weighted by atomic mass is 10.1. The number of benzene rings is 2. The van der Waals surface area contributed by atoms with Crippen LogP contribution in [0.25, 0.3) is 11.0 Å². The lowest BCUT2D eigenvalue weighted by molar-refractivity contribution is -0.126. The fourth-order valence-corrected chi connectivity index (χ4v) is 2.72. The highest BCUT2D eigenvalue weighted by Gasteiger charge is 2.17. The highest BCUT2D eigenvalue weighted by molar-refractivity contribution is 5.96. The number of anilines is 1. The first-order chi connectivity index (χ1) is 14.3. The Bertz CT molecular complexity index is 1180. The number of carbonyl (C=O) groups is 3. The van der Waals surface area contributed by atoms with Crippen LogP contribution in [0, 0.1) is 13.8 Å². The van der Waals surface area contributed by atoms with Crippen LogP contribution in [0.15, 0.2) is 57.7 Å². The van der Waals surface area contributed by atoms with Crippen molar-refractivity contribution in [3.05, 3.63) is 75.6 Å². The Morgan fingerprint density at radius 1 is 1.00 bits per heavy atom. The van der Waals surface area contributed by atoms with Crippen molar-refractivity contribution in [2.45, 2.75) is 13.8 Å². The van der Waals surface area contributed by atoms with Crippen molar-refractivity contribution in [1.82, 2.24) is 5.32 Å². The maximum Gasteiger partial charge on any atom is 0.351 e. The van der Waals surface area contributed by atoms with E-state index in [4.69, 9.17) is 9.15 Å². The number of aryl methyl sites for hydroxylation is 1. The van der Waals surface area contributed by atoms with E-state index in [0.717, 1.165) is 11.1 Å². The quantitative estimate of drug-likeness (QED) is 0.478. The van der Waals surface area contributed by atoms with Gasteiger partial charge in [0.2, 0.25) is 5.91 Å². The highest BCUT2D eigenvalue weighted by Crippen LogP contribution is 2.17. The van der Waals surface area contributed by atoms with Crippen molar-refractivity contribution >= 4 is 34.4 Å². The van der Waals surface area contributed by atoms with E-state index in [0.29, 0.717) is 16.7 Å². The SMILES string of the molecule is Cc1cccc(NC(=O)CNC(=O)COC(=O)c2cc3ccccc3oc2=O)c1C. The third-order valence-corrected chi connectivity index (χ3v) is 4.52. The summed E-state index contributed by atoms with van der Waals surface area (Å²) < 4.78 is 9.93. The Labute approximate surface area is 171 Å². The molecule has 154 valence electrons. The summed E-state index contributed by atoms with van der Waals surface area (Å²) in [4.78, 5) is 48.0. The number of fused-ring (bicyclic) bond motifs is 1. The molecule has 0 fully saturated rings. The molecule has 0 aliphatic rings. The van der Waals surface area contributed by atoms with Crippen LogP contribution in [0.1, 0.15) is 21.5 Å². The molecule has 0 radical (unpaired) electrons.